The fourth-order valence-electron chi connectivity index (χ4n) is 5.38. The van der Waals surface area contributed by atoms with Gasteiger partial charge in [-0.3, -0.25) is 4.79 Å². The molecule has 3 aromatic carbocycles. The fraction of sp³-hybridized carbons (Fsp3) is 0.321. The van der Waals surface area contributed by atoms with Gasteiger partial charge < -0.3 is 14.7 Å². The lowest BCUT2D eigenvalue weighted by Gasteiger charge is -2.50. The Hall–Kier alpha value is -3.48. The molecule has 2 aliphatic heterocycles. The van der Waals surface area contributed by atoms with Crippen molar-refractivity contribution in [2.24, 2.45) is 5.92 Å². The van der Waals surface area contributed by atoms with Gasteiger partial charge in [-0.2, -0.15) is 13.2 Å². The molecule has 7 heteroatoms. The monoisotopic (exact) mass is 479 g/mol. The first-order valence-corrected chi connectivity index (χ1v) is 11.9. The number of piperazine rings is 1. The van der Waals surface area contributed by atoms with E-state index < -0.39 is 17.7 Å². The zero-order valence-corrected chi connectivity index (χ0v) is 19.6. The average Bonchev–Trinajstić information content (AvgIpc) is 2.87. The minimum Gasteiger partial charge on any atom is -0.368 e. The Balaban J connectivity index is 1.47. The number of hydrogen-bond acceptors (Lipinski definition) is 3. The zero-order valence-electron chi connectivity index (χ0n) is 19.6. The molecule has 1 fully saturated rings. The molecule has 2 aliphatic rings. The van der Waals surface area contributed by atoms with Crippen LogP contribution < -0.4 is 9.80 Å². The van der Waals surface area contributed by atoms with Gasteiger partial charge in [-0.1, -0.05) is 48.5 Å². The molecule has 35 heavy (non-hydrogen) atoms. The number of fused-ring (bicyclic) bond motifs is 3. The summed E-state index contributed by atoms with van der Waals surface area (Å²) in [6.45, 7) is 2.48. The highest BCUT2D eigenvalue weighted by atomic mass is 19.4. The van der Waals surface area contributed by atoms with Crippen molar-refractivity contribution in [3.05, 3.63) is 95.6 Å². The third-order valence-corrected chi connectivity index (χ3v) is 7.12. The van der Waals surface area contributed by atoms with Gasteiger partial charge in [-0.15, -0.1) is 0 Å². The normalized spacial score (nSPS) is 19.7. The lowest BCUT2D eigenvalue weighted by atomic mass is 9.82. The first-order valence-electron chi connectivity index (χ1n) is 11.9. The molecule has 3 aromatic rings. The number of halogens is 3. The van der Waals surface area contributed by atoms with E-state index in [0.717, 1.165) is 29.5 Å². The van der Waals surface area contributed by atoms with Crippen molar-refractivity contribution < 1.29 is 18.0 Å². The highest BCUT2D eigenvalue weighted by Crippen LogP contribution is 2.40. The Labute approximate surface area is 203 Å². The summed E-state index contributed by atoms with van der Waals surface area (Å²) in [5, 5.41) is 0. The van der Waals surface area contributed by atoms with Crippen molar-refractivity contribution in [3.8, 4) is 0 Å². The molecule has 0 aliphatic carbocycles. The Kier molecular flexibility index (Phi) is 6.17. The van der Waals surface area contributed by atoms with Crippen LogP contribution in [0.1, 0.15) is 16.7 Å². The molecule has 0 saturated carbocycles. The van der Waals surface area contributed by atoms with Crippen LogP contribution in [0.3, 0.4) is 0 Å². The van der Waals surface area contributed by atoms with Crippen molar-refractivity contribution in [2.75, 3.05) is 36.5 Å². The van der Waals surface area contributed by atoms with E-state index in [1.165, 1.54) is 6.07 Å². The third kappa shape index (κ3) is 4.72. The molecule has 1 saturated heterocycles. The van der Waals surface area contributed by atoms with Crippen molar-refractivity contribution in [2.45, 2.75) is 25.2 Å². The van der Waals surface area contributed by atoms with Gasteiger partial charge in [0.15, 0.2) is 0 Å². The first-order chi connectivity index (χ1) is 16.8. The Bertz CT molecular complexity index is 1180. The molecule has 0 radical (unpaired) electrons. The van der Waals surface area contributed by atoms with Gasteiger partial charge in [-0.05, 0) is 47.9 Å². The van der Waals surface area contributed by atoms with E-state index in [4.69, 9.17) is 0 Å². The van der Waals surface area contributed by atoms with E-state index in [-0.39, 0.29) is 11.9 Å². The number of anilines is 2. The Morgan fingerprint density at radius 1 is 0.971 bits per heavy atom. The molecule has 4 nitrogen and oxygen atoms in total. The van der Waals surface area contributed by atoms with Gasteiger partial charge >= 0.3 is 6.18 Å². The zero-order chi connectivity index (χ0) is 24.6. The summed E-state index contributed by atoms with van der Waals surface area (Å²) in [5.41, 5.74) is 2.85. The Morgan fingerprint density at radius 3 is 2.34 bits per heavy atom. The summed E-state index contributed by atoms with van der Waals surface area (Å²) >= 11 is 0. The minimum atomic E-state index is -4.42. The molecule has 0 bridgehead atoms. The van der Waals surface area contributed by atoms with Crippen LogP contribution in [0.4, 0.5) is 24.5 Å². The predicted octanol–water partition coefficient (Wildman–Crippen LogP) is 5.23. The highest BCUT2D eigenvalue weighted by Gasteiger charge is 2.43. The van der Waals surface area contributed by atoms with Crippen LogP contribution in [0.25, 0.3) is 0 Å². The maximum absolute atomic E-state index is 13.8. The molecule has 2 unspecified atom stereocenters. The summed E-state index contributed by atoms with van der Waals surface area (Å²) < 4.78 is 40.4. The van der Waals surface area contributed by atoms with Gasteiger partial charge in [0.1, 0.15) is 0 Å². The highest BCUT2D eigenvalue weighted by molar-refractivity contribution is 5.82. The van der Waals surface area contributed by atoms with Crippen LogP contribution in [-0.4, -0.2) is 43.5 Å². The number of benzene rings is 3. The van der Waals surface area contributed by atoms with E-state index >= 15 is 0 Å². The molecule has 2 atom stereocenters. The molecule has 0 aromatic heterocycles. The van der Waals surface area contributed by atoms with Gasteiger partial charge in [0.05, 0.1) is 17.5 Å². The van der Waals surface area contributed by atoms with E-state index in [1.54, 1.807) is 18.0 Å². The molecular weight excluding hydrogens is 451 g/mol. The second-order valence-electron chi connectivity index (χ2n) is 9.37. The number of rotatable bonds is 4. The van der Waals surface area contributed by atoms with E-state index in [2.05, 4.69) is 21.9 Å². The number of nitrogens with zero attached hydrogens (tertiary/aromatic N) is 3. The van der Waals surface area contributed by atoms with Gasteiger partial charge in [0, 0.05) is 44.6 Å². The molecule has 0 spiro atoms. The second-order valence-corrected chi connectivity index (χ2v) is 9.37. The fourth-order valence-corrected chi connectivity index (χ4v) is 5.38. The summed E-state index contributed by atoms with van der Waals surface area (Å²) in [4.78, 5) is 19.9. The number of hydrogen-bond donors (Lipinski definition) is 0. The number of carbonyl (C=O) groups is 1. The molecule has 182 valence electrons. The van der Waals surface area contributed by atoms with Crippen LogP contribution in [0.2, 0.25) is 0 Å². The lowest BCUT2D eigenvalue weighted by Crippen LogP contribution is -2.61. The number of carbonyl (C=O) groups excluding carboxylic acids is 1. The number of para-hydroxylation sites is 1. The van der Waals surface area contributed by atoms with E-state index in [0.29, 0.717) is 31.6 Å². The van der Waals surface area contributed by atoms with E-state index in [1.807, 2.05) is 48.5 Å². The van der Waals surface area contributed by atoms with Crippen molar-refractivity contribution in [1.82, 2.24) is 4.90 Å². The van der Waals surface area contributed by atoms with E-state index in [9.17, 15) is 18.0 Å². The molecular formula is C28H28F3N3O. The van der Waals surface area contributed by atoms with Crippen molar-refractivity contribution in [1.29, 1.82) is 0 Å². The number of amides is 1. The van der Waals surface area contributed by atoms with Crippen LogP contribution >= 0.6 is 0 Å². The molecule has 0 N–H and O–H groups in total. The quantitative estimate of drug-likeness (QED) is 0.513. The minimum absolute atomic E-state index is 0.0400. The summed E-state index contributed by atoms with van der Waals surface area (Å²) in [6, 6.07) is 23.7. The standard InChI is InChI=1S/C28H28F3N3O/c1-32(18-20-8-4-2-5-9-20)27(35)24-17-21-16-22(28(29,30)31)12-13-25(21)34-15-14-33(19-26(24)34)23-10-6-3-7-11-23/h2-13,16,24,26H,14-15,17-19H2,1H3. The average molecular weight is 480 g/mol. The maximum Gasteiger partial charge on any atom is 0.416 e. The van der Waals surface area contributed by atoms with Crippen LogP contribution in [0, 0.1) is 5.92 Å². The first kappa shape index (κ1) is 23.3. The largest absolute Gasteiger partial charge is 0.416 e. The Morgan fingerprint density at radius 2 is 1.66 bits per heavy atom. The topological polar surface area (TPSA) is 26.8 Å². The lowest BCUT2D eigenvalue weighted by molar-refractivity contribution is -0.137. The van der Waals surface area contributed by atoms with Gasteiger partial charge in [0.25, 0.3) is 0 Å². The van der Waals surface area contributed by atoms with Gasteiger partial charge in [0.2, 0.25) is 5.91 Å². The smallest absolute Gasteiger partial charge is 0.368 e. The summed E-state index contributed by atoms with van der Waals surface area (Å²) in [6.07, 6.45) is -4.12. The number of alkyl halides is 3. The van der Waals surface area contributed by atoms with Crippen molar-refractivity contribution >= 4 is 17.3 Å². The third-order valence-electron chi connectivity index (χ3n) is 7.12. The summed E-state index contributed by atoms with van der Waals surface area (Å²) in [5.74, 6) is -0.479. The second kappa shape index (κ2) is 9.29. The predicted molar refractivity (Wildman–Crippen MR) is 131 cm³/mol. The molecule has 2 heterocycles. The van der Waals surface area contributed by atoms with Gasteiger partial charge in [-0.25, -0.2) is 0 Å². The molecule has 5 rings (SSSR count). The SMILES string of the molecule is CN(Cc1ccccc1)C(=O)C1Cc2cc(C(F)(F)F)ccc2N2CCN(c3ccccc3)CC12. The molecule has 1 amide bonds. The van der Waals surface area contributed by atoms with Crippen LogP contribution in [0.15, 0.2) is 78.9 Å². The maximum atomic E-state index is 13.8. The van der Waals surface area contributed by atoms with Crippen molar-refractivity contribution in [3.63, 3.8) is 0 Å². The van der Waals surface area contributed by atoms with Crippen LogP contribution in [-0.2, 0) is 23.9 Å². The summed E-state index contributed by atoms with van der Waals surface area (Å²) in [7, 11) is 1.78. The van der Waals surface area contributed by atoms with Crippen LogP contribution in [0.5, 0.6) is 0 Å².